The number of hydrogen-bond acceptors (Lipinski definition) is 1. The minimum absolute atomic E-state index is 0.890. The highest BCUT2D eigenvalue weighted by molar-refractivity contribution is 6.03. The zero-order chi connectivity index (χ0) is 9.84. The predicted octanol–water partition coefficient (Wildman–Crippen LogP) is 3.42. The van der Waals surface area contributed by atoms with E-state index in [4.69, 9.17) is 0 Å². The molecule has 1 nitrogen and oxygen atoms in total. The molecule has 1 aliphatic heterocycles. The van der Waals surface area contributed by atoms with Crippen molar-refractivity contribution in [2.45, 2.75) is 20.3 Å². The van der Waals surface area contributed by atoms with Crippen molar-refractivity contribution in [1.29, 1.82) is 0 Å². The van der Waals surface area contributed by atoms with Gasteiger partial charge in [0.05, 0.1) is 0 Å². The molecule has 0 unspecified atom stereocenters. The van der Waals surface area contributed by atoms with Gasteiger partial charge in [-0.05, 0) is 30.6 Å². The molecular formula is C12H15N. The van der Waals surface area contributed by atoms with E-state index in [-0.39, 0.29) is 0 Å². The summed E-state index contributed by atoms with van der Waals surface area (Å²) in [4.78, 5) is 4.30. The Morgan fingerprint density at radius 2 is 2.31 bits per heavy atom. The van der Waals surface area contributed by atoms with E-state index in [0.29, 0.717) is 0 Å². The first-order valence-electron chi connectivity index (χ1n) is 4.39. The highest BCUT2D eigenvalue weighted by Crippen LogP contribution is 2.23. The van der Waals surface area contributed by atoms with E-state index in [0.717, 1.165) is 17.7 Å². The third-order valence-corrected chi connectivity index (χ3v) is 2.13. The summed E-state index contributed by atoms with van der Waals surface area (Å²) in [5.41, 5.74) is 4.53. The average molecular weight is 173 g/mol. The van der Waals surface area contributed by atoms with Crippen LogP contribution in [0, 0.1) is 0 Å². The predicted molar refractivity (Wildman–Crippen MR) is 58.9 cm³/mol. The third-order valence-electron chi connectivity index (χ3n) is 2.13. The molecule has 1 heteroatoms. The second-order valence-electron chi connectivity index (χ2n) is 3.14. The molecule has 0 saturated carbocycles. The summed E-state index contributed by atoms with van der Waals surface area (Å²) >= 11 is 0. The summed E-state index contributed by atoms with van der Waals surface area (Å²) in [5, 5.41) is 0. The Labute approximate surface area is 79.9 Å². The second kappa shape index (κ2) is 4.04. The zero-order valence-electron chi connectivity index (χ0n) is 8.30. The number of rotatable bonds is 3. The Bertz CT molecular complexity index is 327. The van der Waals surface area contributed by atoms with Gasteiger partial charge in [-0.2, -0.15) is 0 Å². The maximum absolute atomic E-state index is 4.30. The van der Waals surface area contributed by atoms with E-state index < -0.39 is 0 Å². The van der Waals surface area contributed by atoms with Crippen molar-refractivity contribution in [2.24, 2.45) is 4.99 Å². The zero-order valence-corrected chi connectivity index (χ0v) is 8.30. The van der Waals surface area contributed by atoms with Crippen molar-refractivity contribution >= 4 is 5.71 Å². The van der Waals surface area contributed by atoms with Crippen molar-refractivity contribution in [2.75, 3.05) is 0 Å². The molecule has 0 spiro atoms. The third kappa shape index (κ3) is 2.05. The smallest absolute Gasteiger partial charge is 0.0471 e. The maximum atomic E-state index is 4.30. The van der Waals surface area contributed by atoms with Crippen molar-refractivity contribution in [3.63, 3.8) is 0 Å². The van der Waals surface area contributed by atoms with Crippen LogP contribution in [0.15, 0.2) is 53.2 Å². The summed E-state index contributed by atoms with van der Waals surface area (Å²) in [6, 6.07) is 0. The van der Waals surface area contributed by atoms with Gasteiger partial charge in [0.25, 0.3) is 0 Å². The fourth-order valence-corrected chi connectivity index (χ4v) is 1.30. The number of aliphatic imine (C=N–C) groups is 1. The minimum Gasteiger partial charge on any atom is -0.260 e. The summed E-state index contributed by atoms with van der Waals surface area (Å²) in [6.07, 6.45) is 6.71. The standard InChI is InChI=1S/C12H15N/c1-5-10(6-2)11-7-12(9(3)4)13-8-11/h5-6,8H,1,3,7H2,2,4H3/b10-6+. The summed E-state index contributed by atoms with van der Waals surface area (Å²) in [6.45, 7) is 11.6. The molecule has 0 bridgehead atoms. The van der Waals surface area contributed by atoms with E-state index in [1.807, 2.05) is 26.1 Å². The van der Waals surface area contributed by atoms with Gasteiger partial charge >= 0.3 is 0 Å². The van der Waals surface area contributed by atoms with E-state index in [1.54, 1.807) is 0 Å². The van der Waals surface area contributed by atoms with Crippen molar-refractivity contribution < 1.29 is 0 Å². The molecule has 1 aliphatic rings. The van der Waals surface area contributed by atoms with Crippen LogP contribution in [0.1, 0.15) is 20.3 Å². The molecule has 0 radical (unpaired) electrons. The van der Waals surface area contributed by atoms with Gasteiger partial charge in [-0.1, -0.05) is 25.3 Å². The van der Waals surface area contributed by atoms with Gasteiger partial charge in [-0.15, -0.1) is 0 Å². The molecule has 0 aromatic heterocycles. The molecule has 0 atom stereocenters. The van der Waals surface area contributed by atoms with Crippen LogP contribution in [0.5, 0.6) is 0 Å². The molecular weight excluding hydrogens is 158 g/mol. The molecule has 0 amide bonds. The topological polar surface area (TPSA) is 12.4 Å². The Balaban J connectivity index is 2.74. The minimum atomic E-state index is 0.890. The molecule has 0 aliphatic carbocycles. The monoisotopic (exact) mass is 173 g/mol. The Kier molecular flexibility index (Phi) is 3.02. The molecule has 0 aromatic carbocycles. The second-order valence-corrected chi connectivity index (χ2v) is 3.14. The Hall–Kier alpha value is -1.37. The van der Waals surface area contributed by atoms with Crippen molar-refractivity contribution in [1.82, 2.24) is 0 Å². The molecule has 0 N–H and O–H groups in total. The first-order chi connectivity index (χ1) is 6.19. The van der Waals surface area contributed by atoms with Crippen molar-refractivity contribution in [3.8, 4) is 0 Å². The van der Waals surface area contributed by atoms with Gasteiger partial charge in [-0.3, -0.25) is 4.99 Å². The summed E-state index contributed by atoms with van der Waals surface area (Å²) in [5.74, 6) is 0. The molecule has 0 aromatic rings. The van der Waals surface area contributed by atoms with Crippen LogP contribution in [-0.2, 0) is 0 Å². The molecule has 68 valence electrons. The number of nitrogens with zero attached hydrogens (tertiary/aromatic N) is 1. The molecule has 1 rings (SSSR count). The van der Waals surface area contributed by atoms with Crippen LogP contribution in [0.3, 0.4) is 0 Å². The Morgan fingerprint density at radius 1 is 1.62 bits per heavy atom. The van der Waals surface area contributed by atoms with Gasteiger partial charge in [0.15, 0.2) is 0 Å². The lowest BCUT2D eigenvalue weighted by molar-refractivity contribution is 1.32. The van der Waals surface area contributed by atoms with Crippen LogP contribution < -0.4 is 0 Å². The van der Waals surface area contributed by atoms with Crippen LogP contribution in [0.2, 0.25) is 0 Å². The van der Waals surface area contributed by atoms with Crippen LogP contribution >= 0.6 is 0 Å². The first-order valence-corrected chi connectivity index (χ1v) is 4.39. The molecule has 13 heavy (non-hydrogen) atoms. The van der Waals surface area contributed by atoms with Crippen LogP contribution in [0.25, 0.3) is 0 Å². The van der Waals surface area contributed by atoms with E-state index in [1.165, 1.54) is 11.1 Å². The van der Waals surface area contributed by atoms with Gasteiger partial charge in [0.2, 0.25) is 0 Å². The molecule has 0 fully saturated rings. The van der Waals surface area contributed by atoms with Crippen molar-refractivity contribution in [3.05, 3.63) is 48.2 Å². The normalized spacial score (nSPS) is 16.6. The Morgan fingerprint density at radius 3 is 2.69 bits per heavy atom. The average Bonchev–Trinajstić information content (AvgIpc) is 2.56. The maximum Gasteiger partial charge on any atom is 0.0471 e. The number of hydrogen-bond donors (Lipinski definition) is 0. The lowest BCUT2D eigenvalue weighted by atomic mass is 10.0. The van der Waals surface area contributed by atoms with Gasteiger partial charge < -0.3 is 0 Å². The van der Waals surface area contributed by atoms with Gasteiger partial charge in [-0.25, -0.2) is 0 Å². The first kappa shape index (κ1) is 9.72. The lowest BCUT2D eigenvalue weighted by Gasteiger charge is -2.02. The van der Waals surface area contributed by atoms with Gasteiger partial charge in [0, 0.05) is 18.3 Å². The highest BCUT2D eigenvalue weighted by atomic mass is 14.7. The van der Waals surface area contributed by atoms with E-state index in [2.05, 4.69) is 24.2 Å². The SMILES string of the molecule is C=C/C(=C\C)C1=CN=C(C(=C)C)C1. The lowest BCUT2D eigenvalue weighted by Crippen LogP contribution is -1.96. The van der Waals surface area contributed by atoms with Crippen LogP contribution in [-0.4, -0.2) is 5.71 Å². The fourth-order valence-electron chi connectivity index (χ4n) is 1.30. The molecule has 1 heterocycles. The largest absolute Gasteiger partial charge is 0.260 e. The fraction of sp³-hybridized carbons (Fsp3) is 0.250. The summed E-state index contributed by atoms with van der Waals surface area (Å²) in [7, 11) is 0. The van der Waals surface area contributed by atoms with Crippen LogP contribution in [0.4, 0.5) is 0 Å². The molecule has 0 saturated heterocycles. The van der Waals surface area contributed by atoms with E-state index in [9.17, 15) is 0 Å². The number of allylic oxidation sites excluding steroid dienone is 5. The van der Waals surface area contributed by atoms with E-state index >= 15 is 0 Å². The summed E-state index contributed by atoms with van der Waals surface area (Å²) < 4.78 is 0. The van der Waals surface area contributed by atoms with Gasteiger partial charge in [0.1, 0.15) is 0 Å². The quantitative estimate of drug-likeness (QED) is 0.580. The highest BCUT2D eigenvalue weighted by Gasteiger charge is 2.11.